The lowest BCUT2D eigenvalue weighted by Gasteiger charge is -2.24. The standard InChI is InChI=1S/C28H23NO3/c30-28(25-14-8-7-13-24(25)23-11-5-2-6-12-23)29(18-21-9-3-1-4-10-21)19-22-15-16-26-27(17-22)32-20-31-26/h1-17H,18-20H2. The predicted octanol–water partition coefficient (Wildman–Crippen LogP) is 5.92. The van der Waals surface area contributed by atoms with E-state index in [9.17, 15) is 4.79 Å². The highest BCUT2D eigenvalue weighted by molar-refractivity contribution is 6.00. The molecule has 1 aliphatic rings. The molecule has 0 spiro atoms. The van der Waals surface area contributed by atoms with E-state index in [-0.39, 0.29) is 12.7 Å². The van der Waals surface area contributed by atoms with E-state index in [4.69, 9.17) is 9.47 Å². The monoisotopic (exact) mass is 421 g/mol. The minimum Gasteiger partial charge on any atom is -0.454 e. The van der Waals surface area contributed by atoms with Crippen LogP contribution >= 0.6 is 0 Å². The van der Waals surface area contributed by atoms with Crippen molar-refractivity contribution in [2.24, 2.45) is 0 Å². The minimum absolute atomic E-state index is 0.00836. The first-order chi connectivity index (χ1) is 15.8. The van der Waals surface area contributed by atoms with Crippen molar-refractivity contribution in [1.29, 1.82) is 0 Å². The van der Waals surface area contributed by atoms with Crippen LogP contribution in [0.25, 0.3) is 11.1 Å². The maximum Gasteiger partial charge on any atom is 0.255 e. The van der Waals surface area contributed by atoms with Gasteiger partial charge in [0, 0.05) is 18.7 Å². The van der Waals surface area contributed by atoms with E-state index in [1.807, 2.05) is 108 Å². The molecule has 0 N–H and O–H groups in total. The zero-order valence-electron chi connectivity index (χ0n) is 17.6. The molecule has 1 amide bonds. The highest BCUT2D eigenvalue weighted by Crippen LogP contribution is 2.33. The molecule has 4 heteroatoms. The fourth-order valence-corrected chi connectivity index (χ4v) is 3.97. The molecule has 0 atom stereocenters. The van der Waals surface area contributed by atoms with Gasteiger partial charge >= 0.3 is 0 Å². The SMILES string of the molecule is O=C(c1ccccc1-c1ccccc1)N(Cc1ccccc1)Cc1ccc2c(c1)OCO2. The third kappa shape index (κ3) is 4.21. The van der Waals surface area contributed by atoms with Crippen LogP contribution in [0.5, 0.6) is 11.5 Å². The second-order valence-corrected chi connectivity index (χ2v) is 7.75. The molecule has 1 heterocycles. The van der Waals surface area contributed by atoms with E-state index in [0.29, 0.717) is 18.7 Å². The van der Waals surface area contributed by atoms with Crippen molar-refractivity contribution >= 4 is 5.91 Å². The Morgan fingerprint density at radius 1 is 0.688 bits per heavy atom. The predicted molar refractivity (Wildman–Crippen MR) is 124 cm³/mol. The highest BCUT2D eigenvalue weighted by atomic mass is 16.7. The third-order valence-electron chi connectivity index (χ3n) is 5.56. The largest absolute Gasteiger partial charge is 0.454 e. The number of benzene rings is 4. The molecule has 4 aromatic rings. The van der Waals surface area contributed by atoms with Gasteiger partial charge in [0.2, 0.25) is 6.79 Å². The summed E-state index contributed by atoms with van der Waals surface area (Å²) in [6, 6.07) is 33.7. The average Bonchev–Trinajstić information content (AvgIpc) is 3.32. The summed E-state index contributed by atoms with van der Waals surface area (Å²) in [5, 5.41) is 0. The zero-order valence-corrected chi connectivity index (χ0v) is 17.6. The van der Waals surface area contributed by atoms with Gasteiger partial charge in [0.05, 0.1) is 0 Å². The van der Waals surface area contributed by atoms with E-state index in [1.54, 1.807) is 0 Å². The summed E-state index contributed by atoms with van der Waals surface area (Å²) in [5.41, 5.74) is 4.73. The van der Waals surface area contributed by atoms with E-state index < -0.39 is 0 Å². The van der Waals surface area contributed by atoms with Crippen LogP contribution in [0.2, 0.25) is 0 Å². The van der Waals surface area contributed by atoms with Crippen molar-refractivity contribution in [3.8, 4) is 22.6 Å². The molecule has 1 aliphatic heterocycles. The minimum atomic E-state index is -0.00836. The van der Waals surface area contributed by atoms with Crippen molar-refractivity contribution in [3.05, 3.63) is 120 Å². The van der Waals surface area contributed by atoms with Gasteiger partial charge in [0.15, 0.2) is 11.5 Å². The first kappa shape index (κ1) is 19.9. The van der Waals surface area contributed by atoms with E-state index in [1.165, 1.54) is 0 Å². The van der Waals surface area contributed by atoms with Crippen LogP contribution in [0.15, 0.2) is 103 Å². The second kappa shape index (κ2) is 8.98. The Labute approximate surface area is 187 Å². The lowest BCUT2D eigenvalue weighted by Crippen LogP contribution is -2.30. The first-order valence-corrected chi connectivity index (χ1v) is 10.6. The van der Waals surface area contributed by atoms with Gasteiger partial charge in [-0.1, -0.05) is 84.9 Å². The Morgan fingerprint density at radius 3 is 2.16 bits per heavy atom. The summed E-state index contributed by atoms with van der Waals surface area (Å²) in [6.45, 7) is 1.21. The first-order valence-electron chi connectivity index (χ1n) is 10.6. The number of hydrogen-bond acceptors (Lipinski definition) is 3. The normalized spacial score (nSPS) is 11.9. The summed E-state index contributed by atoms with van der Waals surface area (Å²) in [5.74, 6) is 1.45. The van der Waals surface area contributed by atoms with Gasteiger partial charge in [0.1, 0.15) is 0 Å². The van der Waals surface area contributed by atoms with Crippen LogP contribution in [0.3, 0.4) is 0 Å². The third-order valence-corrected chi connectivity index (χ3v) is 5.56. The average molecular weight is 421 g/mol. The molecule has 0 fully saturated rings. The topological polar surface area (TPSA) is 38.8 Å². The highest BCUT2D eigenvalue weighted by Gasteiger charge is 2.21. The number of rotatable bonds is 6. The fourth-order valence-electron chi connectivity index (χ4n) is 3.97. The van der Waals surface area contributed by atoms with Gasteiger partial charge in [-0.3, -0.25) is 4.79 Å². The number of carbonyl (C=O) groups excluding carboxylic acids is 1. The summed E-state index contributed by atoms with van der Waals surface area (Å²) in [4.78, 5) is 15.7. The number of amides is 1. The van der Waals surface area contributed by atoms with E-state index in [0.717, 1.165) is 33.8 Å². The number of fused-ring (bicyclic) bond motifs is 1. The van der Waals surface area contributed by atoms with Gasteiger partial charge in [0.25, 0.3) is 5.91 Å². The van der Waals surface area contributed by atoms with Crippen molar-refractivity contribution in [2.75, 3.05) is 6.79 Å². The molecule has 0 aliphatic carbocycles. The molecule has 0 saturated carbocycles. The van der Waals surface area contributed by atoms with Crippen LogP contribution in [-0.2, 0) is 13.1 Å². The van der Waals surface area contributed by atoms with Crippen LogP contribution in [0, 0.1) is 0 Å². The summed E-state index contributed by atoms with van der Waals surface area (Å²) >= 11 is 0. The molecule has 0 saturated heterocycles. The molecule has 5 rings (SSSR count). The second-order valence-electron chi connectivity index (χ2n) is 7.75. The molecule has 0 radical (unpaired) electrons. The number of nitrogens with zero attached hydrogens (tertiary/aromatic N) is 1. The zero-order chi connectivity index (χ0) is 21.8. The quantitative estimate of drug-likeness (QED) is 0.388. The number of hydrogen-bond donors (Lipinski definition) is 0. The maximum atomic E-state index is 13.9. The van der Waals surface area contributed by atoms with Crippen molar-refractivity contribution in [3.63, 3.8) is 0 Å². The summed E-state index contributed by atoms with van der Waals surface area (Å²) < 4.78 is 11.0. The molecule has 0 bridgehead atoms. The summed E-state index contributed by atoms with van der Waals surface area (Å²) in [7, 11) is 0. The van der Waals surface area contributed by atoms with Gasteiger partial charge in [-0.2, -0.15) is 0 Å². The van der Waals surface area contributed by atoms with Crippen LogP contribution in [0.4, 0.5) is 0 Å². The molecule has 4 aromatic carbocycles. The molecular weight excluding hydrogens is 398 g/mol. The summed E-state index contributed by atoms with van der Waals surface area (Å²) in [6.07, 6.45) is 0. The van der Waals surface area contributed by atoms with Crippen molar-refractivity contribution in [2.45, 2.75) is 13.1 Å². The Kier molecular flexibility index (Phi) is 5.58. The van der Waals surface area contributed by atoms with Crippen molar-refractivity contribution < 1.29 is 14.3 Å². The Morgan fingerprint density at radius 2 is 1.34 bits per heavy atom. The lowest BCUT2D eigenvalue weighted by atomic mass is 9.98. The lowest BCUT2D eigenvalue weighted by molar-refractivity contribution is 0.0730. The molecule has 4 nitrogen and oxygen atoms in total. The maximum absolute atomic E-state index is 13.9. The van der Waals surface area contributed by atoms with E-state index >= 15 is 0 Å². The van der Waals surface area contributed by atoms with Gasteiger partial charge < -0.3 is 14.4 Å². The van der Waals surface area contributed by atoms with Gasteiger partial charge in [-0.25, -0.2) is 0 Å². The molecule has 158 valence electrons. The molecular formula is C28H23NO3. The van der Waals surface area contributed by atoms with Crippen molar-refractivity contribution in [1.82, 2.24) is 4.90 Å². The molecule has 0 aromatic heterocycles. The molecule has 0 unspecified atom stereocenters. The van der Waals surface area contributed by atoms with Crippen LogP contribution in [-0.4, -0.2) is 17.6 Å². The number of ether oxygens (including phenoxy) is 2. The Hall–Kier alpha value is -4.05. The van der Waals surface area contributed by atoms with Gasteiger partial charge in [-0.15, -0.1) is 0 Å². The van der Waals surface area contributed by atoms with E-state index in [2.05, 4.69) is 0 Å². The Bertz CT molecular complexity index is 1220. The van der Waals surface area contributed by atoms with Crippen LogP contribution < -0.4 is 9.47 Å². The Balaban J connectivity index is 1.50. The number of carbonyl (C=O) groups is 1. The fraction of sp³-hybridized carbons (Fsp3) is 0.107. The van der Waals surface area contributed by atoms with Gasteiger partial charge in [-0.05, 0) is 40.5 Å². The van der Waals surface area contributed by atoms with Crippen LogP contribution in [0.1, 0.15) is 21.5 Å². The smallest absolute Gasteiger partial charge is 0.255 e. The molecule has 32 heavy (non-hydrogen) atoms.